The first-order valence-electron chi connectivity index (χ1n) is 12.5. The Labute approximate surface area is 229 Å². The molecule has 2 atom stereocenters. The van der Waals surface area contributed by atoms with Crippen molar-refractivity contribution in [2.45, 2.75) is 38.1 Å². The number of sulfone groups is 1. The van der Waals surface area contributed by atoms with E-state index in [0.29, 0.717) is 33.1 Å². The summed E-state index contributed by atoms with van der Waals surface area (Å²) in [5, 5.41) is 3.08. The predicted molar refractivity (Wildman–Crippen MR) is 142 cm³/mol. The first-order chi connectivity index (χ1) is 18.8. The van der Waals surface area contributed by atoms with Gasteiger partial charge >= 0.3 is 6.18 Å². The number of hydrogen-bond donors (Lipinski definition) is 1. The van der Waals surface area contributed by atoms with Gasteiger partial charge in [-0.25, -0.2) is 18.4 Å². The summed E-state index contributed by atoms with van der Waals surface area (Å²) in [6, 6.07) is 3.81. The Kier molecular flexibility index (Phi) is 8.49. The average Bonchev–Trinajstić information content (AvgIpc) is 2.92. The monoisotopic (exact) mass is 581 g/mol. The minimum atomic E-state index is -4.78. The van der Waals surface area contributed by atoms with E-state index in [4.69, 9.17) is 9.47 Å². The van der Waals surface area contributed by atoms with Crippen LogP contribution in [0.1, 0.15) is 43.0 Å². The lowest BCUT2D eigenvalue weighted by Crippen LogP contribution is -2.44. The maximum Gasteiger partial charge on any atom is 0.413 e. The summed E-state index contributed by atoms with van der Waals surface area (Å²) in [5.74, 6) is -1.35. The van der Waals surface area contributed by atoms with Crippen molar-refractivity contribution in [3.05, 3.63) is 47.8 Å². The topological polar surface area (TPSA) is 124 Å². The summed E-state index contributed by atoms with van der Waals surface area (Å²) in [7, 11) is 0.845. The van der Waals surface area contributed by atoms with Crippen molar-refractivity contribution in [3.8, 4) is 5.88 Å². The Hall–Kier alpha value is -3.52. The number of nitrogens with one attached hydrogen (secondary N) is 1. The van der Waals surface area contributed by atoms with Gasteiger partial charge < -0.3 is 19.7 Å². The second-order valence-electron chi connectivity index (χ2n) is 9.61. The minimum Gasteiger partial charge on any atom is -0.481 e. The Morgan fingerprint density at radius 2 is 1.80 bits per heavy atom. The normalized spacial score (nSPS) is 17.3. The van der Waals surface area contributed by atoms with Gasteiger partial charge in [0.15, 0.2) is 6.04 Å². The molecule has 0 bridgehead atoms. The van der Waals surface area contributed by atoms with E-state index in [1.165, 1.54) is 26.4 Å². The standard InChI is InChI=1S/C26H30F3N5O5S/c1-15(38-3)22-19(14-30-18-6-8-21(39-4)33-23(18)22)32-20-7-5-17(13-31-20)24(26(27,28)29)34(2)25(35)16-9-11-40(36,37)12-10-16/h5-8,13-16,24H,9-12H2,1-4H3,(H,31,32)/t15?,24-/m0/s1. The highest BCUT2D eigenvalue weighted by molar-refractivity contribution is 7.91. The zero-order chi connectivity index (χ0) is 29.2. The quantitative estimate of drug-likeness (QED) is 0.413. The van der Waals surface area contributed by atoms with E-state index in [0.717, 1.165) is 13.2 Å². The maximum atomic E-state index is 14.2. The molecule has 1 N–H and O–H groups in total. The van der Waals surface area contributed by atoms with Crippen molar-refractivity contribution in [3.63, 3.8) is 0 Å². The molecular formula is C26H30F3N5O5S. The number of carbonyl (C=O) groups excluding carboxylic acids is 1. The summed E-state index contributed by atoms with van der Waals surface area (Å²) in [6.45, 7) is 1.82. The van der Waals surface area contributed by atoms with Gasteiger partial charge in [0.05, 0.1) is 42.1 Å². The van der Waals surface area contributed by atoms with E-state index in [1.807, 2.05) is 6.92 Å². The summed E-state index contributed by atoms with van der Waals surface area (Å²) in [6.07, 6.45) is -2.58. The molecule has 1 amide bonds. The lowest BCUT2D eigenvalue weighted by molar-refractivity contribution is -0.190. The smallest absolute Gasteiger partial charge is 0.413 e. The number of aromatic nitrogens is 3. The molecular weight excluding hydrogens is 551 g/mol. The fourth-order valence-corrected chi connectivity index (χ4v) is 6.26. The van der Waals surface area contributed by atoms with Crippen molar-refractivity contribution >= 4 is 38.3 Å². The third kappa shape index (κ3) is 6.28. The molecule has 4 rings (SSSR count). The number of hydrogen-bond acceptors (Lipinski definition) is 9. The van der Waals surface area contributed by atoms with E-state index >= 15 is 0 Å². The van der Waals surface area contributed by atoms with Crippen molar-refractivity contribution in [1.82, 2.24) is 19.9 Å². The SMILES string of the molecule is COc1ccc2ncc(Nc3ccc([C@H](N(C)C(=O)C4CCS(=O)(=O)CC4)C(F)(F)F)cn3)c(C(C)OC)c2n1. The highest BCUT2D eigenvalue weighted by atomic mass is 32.2. The fraction of sp³-hybridized carbons (Fsp3) is 0.462. The molecule has 3 aromatic heterocycles. The number of methoxy groups -OCH3 is 2. The van der Waals surface area contributed by atoms with Crippen LogP contribution in [0, 0.1) is 5.92 Å². The molecule has 3 aromatic rings. The number of rotatable bonds is 8. The number of alkyl halides is 3. The number of pyridine rings is 3. The van der Waals surface area contributed by atoms with Gasteiger partial charge in [-0.1, -0.05) is 6.07 Å². The largest absolute Gasteiger partial charge is 0.481 e. The van der Waals surface area contributed by atoms with Crippen LogP contribution in [0.25, 0.3) is 11.0 Å². The van der Waals surface area contributed by atoms with Gasteiger partial charge in [-0.15, -0.1) is 0 Å². The maximum absolute atomic E-state index is 14.2. The molecule has 4 heterocycles. The molecule has 40 heavy (non-hydrogen) atoms. The van der Waals surface area contributed by atoms with Crippen molar-refractivity contribution < 1.29 is 35.9 Å². The molecule has 1 unspecified atom stereocenters. The molecule has 0 saturated carbocycles. The molecule has 0 aromatic carbocycles. The molecule has 14 heteroatoms. The lowest BCUT2D eigenvalue weighted by atomic mass is 9.99. The van der Waals surface area contributed by atoms with Crippen molar-refractivity contribution in [1.29, 1.82) is 0 Å². The average molecular weight is 582 g/mol. The van der Waals surface area contributed by atoms with E-state index in [2.05, 4.69) is 20.3 Å². The van der Waals surface area contributed by atoms with Gasteiger partial charge in [0.2, 0.25) is 11.8 Å². The highest BCUT2D eigenvalue weighted by Gasteiger charge is 2.46. The van der Waals surface area contributed by atoms with Crippen LogP contribution in [0.15, 0.2) is 36.7 Å². The second kappa shape index (κ2) is 11.5. The van der Waals surface area contributed by atoms with Crippen LogP contribution in [-0.2, 0) is 19.4 Å². The molecule has 0 aliphatic carbocycles. The van der Waals surface area contributed by atoms with E-state index in [-0.39, 0.29) is 35.7 Å². The molecule has 1 aliphatic rings. The third-order valence-corrected chi connectivity index (χ3v) is 8.72. The predicted octanol–water partition coefficient (Wildman–Crippen LogP) is 4.37. The van der Waals surface area contributed by atoms with Crippen LogP contribution >= 0.6 is 0 Å². The lowest BCUT2D eigenvalue weighted by Gasteiger charge is -2.33. The van der Waals surface area contributed by atoms with E-state index in [1.54, 1.807) is 18.3 Å². The molecule has 0 radical (unpaired) electrons. The van der Waals surface area contributed by atoms with Crippen LogP contribution in [0.5, 0.6) is 5.88 Å². The Bertz CT molecular complexity index is 1470. The zero-order valence-electron chi connectivity index (χ0n) is 22.4. The molecule has 216 valence electrons. The first-order valence-corrected chi connectivity index (χ1v) is 14.3. The van der Waals surface area contributed by atoms with Gasteiger partial charge in [0.1, 0.15) is 21.2 Å². The molecule has 1 fully saturated rings. The molecule has 0 spiro atoms. The Morgan fingerprint density at radius 3 is 2.38 bits per heavy atom. The summed E-state index contributed by atoms with van der Waals surface area (Å²) in [4.78, 5) is 26.6. The molecule has 10 nitrogen and oxygen atoms in total. The highest BCUT2D eigenvalue weighted by Crippen LogP contribution is 2.39. The van der Waals surface area contributed by atoms with Gasteiger partial charge in [0, 0.05) is 43.5 Å². The summed E-state index contributed by atoms with van der Waals surface area (Å²) < 4.78 is 76.7. The Balaban J connectivity index is 1.61. The van der Waals surface area contributed by atoms with Crippen molar-refractivity contribution in [2.75, 3.05) is 38.1 Å². The fourth-order valence-electron chi connectivity index (χ4n) is 4.77. The van der Waals surface area contributed by atoms with Gasteiger partial charge in [-0.3, -0.25) is 9.78 Å². The van der Waals surface area contributed by atoms with E-state index < -0.39 is 40.0 Å². The number of amides is 1. The second-order valence-corrected chi connectivity index (χ2v) is 11.9. The number of ether oxygens (including phenoxy) is 2. The number of nitrogens with zero attached hydrogens (tertiary/aromatic N) is 4. The minimum absolute atomic E-state index is 0.0000527. The molecule has 1 aliphatic heterocycles. The number of fused-ring (bicyclic) bond motifs is 1. The Morgan fingerprint density at radius 1 is 1.10 bits per heavy atom. The van der Waals surface area contributed by atoms with Gasteiger partial charge in [-0.05, 0) is 31.9 Å². The van der Waals surface area contributed by atoms with Crippen LogP contribution in [0.2, 0.25) is 0 Å². The van der Waals surface area contributed by atoms with Crippen LogP contribution < -0.4 is 10.1 Å². The van der Waals surface area contributed by atoms with Crippen LogP contribution in [0.3, 0.4) is 0 Å². The first kappa shape index (κ1) is 29.5. The van der Waals surface area contributed by atoms with Crippen molar-refractivity contribution in [2.24, 2.45) is 5.92 Å². The van der Waals surface area contributed by atoms with Gasteiger partial charge in [-0.2, -0.15) is 13.2 Å². The number of halogens is 3. The summed E-state index contributed by atoms with van der Waals surface area (Å²) in [5.41, 5.74) is 2.05. The number of carbonyl (C=O) groups is 1. The number of anilines is 2. The van der Waals surface area contributed by atoms with E-state index in [9.17, 15) is 26.4 Å². The third-order valence-electron chi connectivity index (χ3n) is 7.01. The van der Waals surface area contributed by atoms with Crippen LogP contribution in [-0.4, -0.2) is 73.1 Å². The van der Waals surface area contributed by atoms with Gasteiger partial charge in [0.25, 0.3) is 0 Å². The summed E-state index contributed by atoms with van der Waals surface area (Å²) >= 11 is 0. The molecule has 1 saturated heterocycles. The van der Waals surface area contributed by atoms with Crippen LogP contribution in [0.4, 0.5) is 24.7 Å². The zero-order valence-corrected chi connectivity index (χ0v) is 23.2.